The third kappa shape index (κ3) is 2.88. The van der Waals surface area contributed by atoms with Gasteiger partial charge in [-0.05, 0) is 55.5 Å². The summed E-state index contributed by atoms with van der Waals surface area (Å²) in [5.74, 6) is 0.600. The van der Waals surface area contributed by atoms with Gasteiger partial charge in [0, 0.05) is 36.7 Å². The second kappa shape index (κ2) is 6.79. The highest BCUT2D eigenvalue weighted by molar-refractivity contribution is 7.13. The smallest absolute Gasteiger partial charge is 0.271 e. The number of hydrogen-bond donors (Lipinski definition) is 1. The molecular weight excluding hydrogens is 348 g/mol. The summed E-state index contributed by atoms with van der Waals surface area (Å²) in [5.41, 5.74) is 1.70. The quantitative estimate of drug-likeness (QED) is 0.893. The van der Waals surface area contributed by atoms with Crippen molar-refractivity contribution in [3.8, 4) is 0 Å². The van der Waals surface area contributed by atoms with Crippen molar-refractivity contribution >= 4 is 33.2 Å². The van der Waals surface area contributed by atoms with E-state index in [9.17, 15) is 4.79 Å². The van der Waals surface area contributed by atoms with Crippen LogP contribution in [0.3, 0.4) is 0 Å². The Labute approximate surface area is 157 Å². The minimum absolute atomic E-state index is 0.0179. The van der Waals surface area contributed by atoms with Crippen LogP contribution < -0.4 is 10.2 Å². The van der Waals surface area contributed by atoms with Crippen LogP contribution in [-0.2, 0) is 4.74 Å². The summed E-state index contributed by atoms with van der Waals surface area (Å²) in [7, 11) is 0. The van der Waals surface area contributed by atoms with E-state index in [1.165, 1.54) is 37.5 Å². The zero-order chi connectivity index (χ0) is 17.5. The van der Waals surface area contributed by atoms with Gasteiger partial charge in [-0.25, -0.2) is 0 Å². The average Bonchev–Trinajstić information content (AvgIpc) is 3.14. The molecule has 7 heteroatoms. The topological polar surface area (TPSA) is 57.7 Å². The van der Waals surface area contributed by atoms with Crippen molar-refractivity contribution < 1.29 is 9.53 Å². The number of anilines is 1. The van der Waals surface area contributed by atoms with Crippen LogP contribution in [0.2, 0.25) is 0 Å². The second-order valence-electron chi connectivity index (χ2n) is 7.50. The maximum atomic E-state index is 13.1. The summed E-state index contributed by atoms with van der Waals surface area (Å²) in [5, 5.41) is 4.29. The van der Waals surface area contributed by atoms with E-state index in [0.717, 1.165) is 48.6 Å². The molecule has 6 nitrogen and oxygen atoms in total. The fourth-order valence-electron chi connectivity index (χ4n) is 4.56. The van der Waals surface area contributed by atoms with Crippen molar-refractivity contribution in [1.29, 1.82) is 0 Å². The van der Waals surface area contributed by atoms with Crippen LogP contribution in [0.5, 0.6) is 0 Å². The van der Waals surface area contributed by atoms with Gasteiger partial charge in [0.15, 0.2) is 5.69 Å². The highest BCUT2D eigenvalue weighted by Gasteiger charge is 2.35. The van der Waals surface area contributed by atoms with E-state index in [2.05, 4.69) is 37.7 Å². The molecule has 4 saturated heterocycles. The van der Waals surface area contributed by atoms with Gasteiger partial charge in [-0.2, -0.15) is 4.37 Å². The lowest BCUT2D eigenvalue weighted by molar-refractivity contribution is 0.0619. The van der Waals surface area contributed by atoms with Gasteiger partial charge < -0.3 is 19.9 Å². The number of amides is 1. The number of piperidine rings is 3. The van der Waals surface area contributed by atoms with Gasteiger partial charge in [-0.15, -0.1) is 0 Å². The Morgan fingerprint density at radius 1 is 1.19 bits per heavy atom. The van der Waals surface area contributed by atoms with Crippen molar-refractivity contribution in [2.24, 2.45) is 5.92 Å². The molecule has 4 aliphatic rings. The van der Waals surface area contributed by atoms with Gasteiger partial charge in [-0.3, -0.25) is 4.79 Å². The first kappa shape index (κ1) is 16.5. The molecule has 5 heterocycles. The number of fused-ring (bicyclic) bond motifs is 4. The van der Waals surface area contributed by atoms with E-state index < -0.39 is 0 Å². The van der Waals surface area contributed by atoms with Crippen molar-refractivity contribution in [3.05, 3.63) is 23.9 Å². The number of morpholine rings is 1. The molecule has 26 heavy (non-hydrogen) atoms. The van der Waals surface area contributed by atoms with Gasteiger partial charge >= 0.3 is 0 Å². The van der Waals surface area contributed by atoms with Crippen LogP contribution in [0.25, 0.3) is 10.1 Å². The number of carbonyl (C=O) groups excluding carboxylic acids is 1. The van der Waals surface area contributed by atoms with Gasteiger partial charge in [-0.1, -0.05) is 6.07 Å². The Morgan fingerprint density at radius 2 is 2.00 bits per heavy atom. The summed E-state index contributed by atoms with van der Waals surface area (Å²) in [6.07, 6.45) is 2.39. The maximum absolute atomic E-state index is 13.1. The summed E-state index contributed by atoms with van der Waals surface area (Å²) >= 11 is 1.42. The number of ether oxygens (including phenoxy) is 1. The van der Waals surface area contributed by atoms with Crippen molar-refractivity contribution in [3.63, 3.8) is 0 Å². The summed E-state index contributed by atoms with van der Waals surface area (Å²) < 4.78 is 11.1. The molecule has 1 atom stereocenters. The van der Waals surface area contributed by atoms with E-state index in [1.54, 1.807) is 0 Å². The van der Waals surface area contributed by atoms with Gasteiger partial charge in [0.05, 0.1) is 17.9 Å². The Hall–Kier alpha value is -1.70. The lowest BCUT2D eigenvalue weighted by Crippen LogP contribution is -2.57. The fraction of sp³-hybridized carbons (Fsp3) is 0.579. The molecule has 0 saturated carbocycles. The first-order chi connectivity index (χ1) is 12.8. The molecule has 0 unspecified atom stereocenters. The molecular formula is C19H24N4O2S. The largest absolute Gasteiger partial charge is 0.378 e. The molecule has 4 aliphatic heterocycles. The number of aromatic nitrogens is 1. The summed E-state index contributed by atoms with van der Waals surface area (Å²) in [6, 6.07) is 6.48. The van der Waals surface area contributed by atoms with E-state index in [-0.39, 0.29) is 11.9 Å². The van der Waals surface area contributed by atoms with Crippen molar-refractivity contribution in [1.82, 2.24) is 14.6 Å². The molecule has 1 aromatic heterocycles. The van der Waals surface area contributed by atoms with E-state index in [0.29, 0.717) is 11.6 Å². The predicted molar refractivity (Wildman–Crippen MR) is 103 cm³/mol. The van der Waals surface area contributed by atoms with Crippen LogP contribution in [0.15, 0.2) is 18.2 Å². The minimum atomic E-state index is -0.0179. The molecule has 2 bridgehead atoms. The number of carbonyl (C=O) groups is 1. The fourth-order valence-corrected chi connectivity index (χ4v) is 5.36. The summed E-state index contributed by atoms with van der Waals surface area (Å²) in [4.78, 5) is 17.8. The monoisotopic (exact) mass is 372 g/mol. The molecule has 1 amide bonds. The third-order valence-corrected chi connectivity index (χ3v) is 6.83. The van der Waals surface area contributed by atoms with Crippen LogP contribution >= 0.6 is 11.5 Å². The third-order valence-electron chi connectivity index (χ3n) is 6.02. The van der Waals surface area contributed by atoms with E-state index in [4.69, 9.17) is 4.74 Å². The number of rotatable bonds is 3. The molecule has 4 fully saturated rings. The van der Waals surface area contributed by atoms with Crippen molar-refractivity contribution in [2.75, 3.05) is 50.8 Å². The number of nitrogens with zero attached hydrogens (tertiary/aromatic N) is 3. The van der Waals surface area contributed by atoms with E-state index >= 15 is 0 Å². The zero-order valence-corrected chi connectivity index (χ0v) is 15.6. The molecule has 0 aliphatic carbocycles. The van der Waals surface area contributed by atoms with Crippen LogP contribution in [0, 0.1) is 5.92 Å². The highest BCUT2D eigenvalue weighted by Crippen LogP contribution is 2.33. The zero-order valence-electron chi connectivity index (χ0n) is 14.8. The SMILES string of the molecule is O=C(N[C@H]1CN2CCC1CC2)c1nsc2cccc(N3CCOCC3)c12. The normalized spacial score (nSPS) is 28.5. The standard InChI is InChI=1S/C19H24N4O2S/c24-19(20-14-12-22-6-4-13(14)5-7-22)18-17-15(23-8-10-25-11-9-23)2-1-3-16(17)26-21-18/h1-3,13-14H,4-12H2,(H,20,24)/t14-/m0/s1. The maximum Gasteiger partial charge on any atom is 0.271 e. The van der Waals surface area contributed by atoms with Gasteiger partial charge in [0.1, 0.15) is 0 Å². The first-order valence-electron chi connectivity index (χ1n) is 9.54. The van der Waals surface area contributed by atoms with Crippen LogP contribution in [0.4, 0.5) is 5.69 Å². The Balaban J connectivity index is 1.44. The average molecular weight is 372 g/mol. The van der Waals surface area contributed by atoms with Crippen molar-refractivity contribution in [2.45, 2.75) is 18.9 Å². The lowest BCUT2D eigenvalue weighted by atomic mass is 9.84. The second-order valence-corrected chi connectivity index (χ2v) is 8.30. The molecule has 1 aromatic carbocycles. The highest BCUT2D eigenvalue weighted by atomic mass is 32.1. The Kier molecular flexibility index (Phi) is 4.30. The van der Waals surface area contributed by atoms with Crippen LogP contribution in [0.1, 0.15) is 23.3 Å². The van der Waals surface area contributed by atoms with Gasteiger partial charge in [0.25, 0.3) is 5.91 Å². The molecule has 0 radical (unpaired) electrons. The number of nitrogens with one attached hydrogen (secondary N) is 1. The van der Waals surface area contributed by atoms with Crippen LogP contribution in [-0.4, -0.2) is 67.2 Å². The molecule has 138 valence electrons. The summed E-state index contributed by atoms with van der Waals surface area (Å²) in [6.45, 7) is 6.51. The molecule has 2 aromatic rings. The Morgan fingerprint density at radius 3 is 2.73 bits per heavy atom. The first-order valence-corrected chi connectivity index (χ1v) is 10.3. The lowest BCUT2D eigenvalue weighted by Gasteiger charge is -2.44. The minimum Gasteiger partial charge on any atom is -0.378 e. The number of benzene rings is 1. The molecule has 0 spiro atoms. The molecule has 6 rings (SSSR count). The predicted octanol–water partition coefficient (Wildman–Crippen LogP) is 1.96. The molecule has 1 N–H and O–H groups in total. The Bertz CT molecular complexity index is 809. The van der Waals surface area contributed by atoms with Gasteiger partial charge in [0.2, 0.25) is 0 Å². The number of hydrogen-bond acceptors (Lipinski definition) is 6. The van der Waals surface area contributed by atoms with E-state index in [1.807, 2.05) is 0 Å².